The van der Waals surface area contributed by atoms with E-state index < -0.39 is 0 Å². The highest BCUT2D eigenvalue weighted by Crippen LogP contribution is 2.54. The Kier molecular flexibility index (Phi) is 2.96. The molecule has 0 radical (unpaired) electrons. The Morgan fingerprint density at radius 2 is 1.30 bits per heavy atom. The highest BCUT2D eigenvalue weighted by Gasteiger charge is 2.38. The summed E-state index contributed by atoms with van der Waals surface area (Å²) in [4.78, 5) is 0. The molecule has 2 aliphatic carbocycles. The van der Waals surface area contributed by atoms with Crippen LogP contribution in [0.4, 0.5) is 0 Å². The van der Waals surface area contributed by atoms with Gasteiger partial charge in [-0.25, -0.2) is 0 Å². The zero-order chi connectivity index (χ0) is 20.0. The molecule has 0 amide bonds. The predicted octanol–water partition coefficient (Wildman–Crippen LogP) is 7.87. The fraction of sp³-hybridized carbons (Fsp3) is 0.133. The van der Waals surface area contributed by atoms with E-state index in [1.165, 1.54) is 66.1 Å². The molecule has 30 heavy (non-hydrogen) atoms. The first-order chi connectivity index (χ1) is 14.6. The van der Waals surface area contributed by atoms with E-state index in [-0.39, 0.29) is 5.41 Å². The zero-order valence-electron chi connectivity index (χ0n) is 17.3. The third-order valence-corrected chi connectivity index (χ3v) is 7.43. The lowest BCUT2D eigenvalue weighted by Crippen LogP contribution is -2.15. The van der Waals surface area contributed by atoms with Crippen LogP contribution in [0.25, 0.3) is 43.8 Å². The van der Waals surface area contributed by atoms with Gasteiger partial charge in [-0.15, -0.1) is 0 Å². The van der Waals surface area contributed by atoms with E-state index >= 15 is 0 Å². The highest BCUT2D eigenvalue weighted by molar-refractivity contribution is 6.03. The zero-order valence-corrected chi connectivity index (χ0v) is 17.3. The van der Waals surface area contributed by atoms with Gasteiger partial charge in [0.25, 0.3) is 0 Å². The van der Waals surface area contributed by atoms with E-state index in [1.54, 1.807) is 0 Å². The lowest BCUT2D eigenvalue weighted by molar-refractivity contribution is 0.666. The fourth-order valence-corrected chi connectivity index (χ4v) is 6.05. The standard InChI is InChI=1S/C30H22/c1-30(2)27-17-25-21(15-20-12-11-18-7-3-5-9-22(18)28(20)25)16-26(27)24-14-13-19-8-4-6-10-23(19)29(24)30/h3-14,16-17H,15H2,1-2H3. The van der Waals surface area contributed by atoms with E-state index in [2.05, 4.69) is 98.8 Å². The van der Waals surface area contributed by atoms with Crippen LogP contribution < -0.4 is 0 Å². The van der Waals surface area contributed by atoms with Gasteiger partial charge in [-0.3, -0.25) is 0 Å². The van der Waals surface area contributed by atoms with Gasteiger partial charge in [-0.05, 0) is 84.6 Å². The van der Waals surface area contributed by atoms with Crippen LogP contribution in [-0.4, -0.2) is 0 Å². The topological polar surface area (TPSA) is 0 Å². The molecular formula is C30H22. The van der Waals surface area contributed by atoms with E-state index in [1.807, 2.05) is 0 Å². The van der Waals surface area contributed by atoms with Gasteiger partial charge in [0.1, 0.15) is 0 Å². The summed E-state index contributed by atoms with van der Waals surface area (Å²) in [5, 5.41) is 5.44. The molecule has 0 spiro atoms. The molecule has 0 heterocycles. The molecule has 0 saturated carbocycles. The smallest absolute Gasteiger partial charge is 0.0165 e. The van der Waals surface area contributed by atoms with Crippen molar-refractivity contribution in [2.45, 2.75) is 25.7 Å². The second-order valence-electron chi connectivity index (χ2n) is 9.39. The number of hydrogen-bond donors (Lipinski definition) is 0. The van der Waals surface area contributed by atoms with Gasteiger partial charge in [0.05, 0.1) is 0 Å². The molecule has 0 N–H and O–H groups in total. The Morgan fingerprint density at radius 1 is 0.600 bits per heavy atom. The van der Waals surface area contributed by atoms with Crippen LogP contribution in [0.2, 0.25) is 0 Å². The Balaban J connectivity index is 1.55. The third kappa shape index (κ3) is 1.92. The van der Waals surface area contributed by atoms with Crippen LogP contribution in [0.1, 0.15) is 36.1 Å². The van der Waals surface area contributed by atoms with Crippen molar-refractivity contribution >= 4 is 21.5 Å². The molecule has 0 unspecified atom stereocenters. The quantitative estimate of drug-likeness (QED) is 0.251. The molecule has 0 atom stereocenters. The van der Waals surface area contributed by atoms with E-state index in [0.717, 1.165) is 6.42 Å². The van der Waals surface area contributed by atoms with Crippen molar-refractivity contribution in [3.63, 3.8) is 0 Å². The van der Waals surface area contributed by atoms with Gasteiger partial charge >= 0.3 is 0 Å². The summed E-state index contributed by atoms with van der Waals surface area (Å²) in [6, 6.07) is 31.9. The Hall–Kier alpha value is -3.38. The highest BCUT2D eigenvalue weighted by atomic mass is 14.4. The normalized spacial score (nSPS) is 15.1. The molecule has 2 aliphatic rings. The largest absolute Gasteiger partial charge is 0.0616 e. The van der Waals surface area contributed by atoms with Crippen molar-refractivity contribution in [2.24, 2.45) is 0 Å². The van der Waals surface area contributed by atoms with Crippen LogP contribution in [-0.2, 0) is 11.8 Å². The third-order valence-electron chi connectivity index (χ3n) is 7.43. The predicted molar refractivity (Wildman–Crippen MR) is 127 cm³/mol. The lowest BCUT2D eigenvalue weighted by Gasteiger charge is -2.24. The van der Waals surface area contributed by atoms with Gasteiger partial charge in [0.2, 0.25) is 0 Å². The summed E-state index contributed by atoms with van der Waals surface area (Å²) in [5.41, 5.74) is 11.6. The minimum atomic E-state index is -0.00605. The first kappa shape index (κ1) is 16.4. The maximum atomic E-state index is 2.51. The van der Waals surface area contributed by atoms with Crippen molar-refractivity contribution in [1.82, 2.24) is 0 Å². The molecule has 5 aromatic carbocycles. The molecule has 0 aromatic heterocycles. The SMILES string of the molecule is CC1(C)c2cc3c(cc2-c2ccc4ccccc4c21)Cc1ccc2ccccc2c1-3. The van der Waals surface area contributed by atoms with E-state index in [0.29, 0.717) is 0 Å². The number of fused-ring (bicyclic) bond motifs is 10. The van der Waals surface area contributed by atoms with Gasteiger partial charge in [-0.1, -0.05) is 86.6 Å². The average molecular weight is 383 g/mol. The van der Waals surface area contributed by atoms with Gasteiger partial charge in [0.15, 0.2) is 0 Å². The summed E-state index contributed by atoms with van der Waals surface area (Å²) in [5.74, 6) is 0. The van der Waals surface area contributed by atoms with Crippen LogP contribution in [0, 0.1) is 0 Å². The number of benzene rings is 5. The minimum Gasteiger partial charge on any atom is -0.0616 e. The van der Waals surface area contributed by atoms with Gasteiger partial charge < -0.3 is 0 Å². The van der Waals surface area contributed by atoms with E-state index in [9.17, 15) is 0 Å². The molecule has 0 aliphatic heterocycles. The Labute approximate surface area is 176 Å². The van der Waals surface area contributed by atoms with Gasteiger partial charge in [-0.2, -0.15) is 0 Å². The fourth-order valence-electron chi connectivity index (χ4n) is 6.05. The average Bonchev–Trinajstić information content (AvgIpc) is 3.25. The van der Waals surface area contributed by atoms with Crippen molar-refractivity contribution in [1.29, 1.82) is 0 Å². The molecule has 0 fully saturated rings. The Morgan fingerprint density at radius 3 is 2.13 bits per heavy atom. The van der Waals surface area contributed by atoms with Crippen molar-refractivity contribution in [3.8, 4) is 22.3 Å². The molecular weight excluding hydrogens is 360 g/mol. The van der Waals surface area contributed by atoms with E-state index in [4.69, 9.17) is 0 Å². The molecule has 142 valence electrons. The molecule has 0 heteroatoms. The van der Waals surface area contributed by atoms with Crippen molar-refractivity contribution in [3.05, 3.63) is 107 Å². The first-order valence-corrected chi connectivity index (χ1v) is 10.8. The van der Waals surface area contributed by atoms with Crippen LogP contribution in [0.3, 0.4) is 0 Å². The summed E-state index contributed by atoms with van der Waals surface area (Å²) >= 11 is 0. The van der Waals surface area contributed by atoms with Crippen LogP contribution in [0.5, 0.6) is 0 Å². The summed E-state index contributed by atoms with van der Waals surface area (Å²) in [7, 11) is 0. The minimum absolute atomic E-state index is 0.00605. The van der Waals surface area contributed by atoms with Crippen LogP contribution >= 0.6 is 0 Å². The molecule has 5 aromatic rings. The monoisotopic (exact) mass is 382 g/mol. The Bertz CT molecular complexity index is 1530. The molecule has 0 saturated heterocycles. The molecule has 7 rings (SSSR count). The van der Waals surface area contributed by atoms with Crippen molar-refractivity contribution < 1.29 is 0 Å². The number of rotatable bonds is 0. The first-order valence-electron chi connectivity index (χ1n) is 10.8. The molecule has 0 bridgehead atoms. The summed E-state index contributed by atoms with van der Waals surface area (Å²) < 4.78 is 0. The maximum Gasteiger partial charge on any atom is 0.0165 e. The second kappa shape index (κ2) is 5.40. The van der Waals surface area contributed by atoms with Gasteiger partial charge in [0, 0.05) is 5.41 Å². The van der Waals surface area contributed by atoms with Crippen molar-refractivity contribution in [2.75, 3.05) is 0 Å². The number of hydrogen-bond acceptors (Lipinski definition) is 0. The summed E-state index contributed by atoms with van der Waals surface area (Å²) in [6.07, 6.45) is 1.03. The lowest BCUT2D eigenvalue weighted by atomic mass is 9.79. The second-order valence-corrected chi connectivity index (χ2v) is 9.39. The molecule has 0 nitrogen and oxygen atoms in total. The maximum absolute atomic E-state index is 2.51. The van der Waals surface area contributed by atoms with Crippen LogP contribution in [0.15, 0.2) is 84.9 Å². The summed E-state index contributed by atoms with van der Waals surface area (Å²) in [6.45, 7) is 4.80.